The molecule has 10 nitrogen and oxygen atoms in total. The zero-order chi connectivity index (χ0) is 19.4. The number of piperazine rings is 1. The van der Waals surface area contributed by atoms with E-state index in [4.69, 9.17) is 4.74 Å². The molecule has 3 heterocycles. The number of anilines is 2. The Kier molecular flexibility index (Phi) is 6.12. The summed E-state index contributed by atoms with van der Waals surface area (Å²) in [7, 11) is -1.95. The molecule has 0 saturated carbocycles. The van der Waals surface area contributed by atoms with Crippen LogP contribution in [0.15, 0.2) is 12.1 Å². The summed E-state index contributed by atoms with van der Waals surface area (Å²) in [5.41, 5.74) is 0. The number of ether oxygens (including phenoxy) is 1. The van der Waals surface area contributed by atoms with Crippen LogP contribution in [0.1, 0.15) is 0 Å². The average molecular weight is 398 g/mol. The number of amides is 1. The number of sulfonamides is 1. The molecule has 0 bridgehead atoms. The maximum atomic E-state index is 12.3. The van der Waals surface area contributed by atoms with Crippen LogP contribution in [0.2, 0.25) is 0 Å². The third-order valence-electron chi connectivity index (χ3n) is 4.85. The number of hydrogen-bond donors (Lipinski definition) is 0. The molecule has 150 valence electrons. The number of rotatable bonds is 5. The van der Waals surface area contributed by atoms with Crippen LogP contribution in [0, 0.1) is 0 Å². The highest BCUT2D eigenvalue weighted by atomic mass is 32.2. The van der Waals surface area contributed by atoms with Crippen LogP contribution >= 0.6 is 0 Å². The maximum absolute atomic E-state index is 12.3. The van der Waals surface area contributed by atoms with Crippen molar-refractivity contribution in [3.63, 3.8) is 0 Å². The van der Waals surface area contributed by atoms with E-state index in [-0.39, 0.29) is 12.5 Å². The molecule has 3 rings (SSSR count). The van der Waals surface area contributed by atoms with Gasteiger partial charge in [0.05, 0.1) is 26.0 Å². The van der Waals surface area contributed by atoms with Crippen LogP contribution < -0.4 is 9.80 Å². The quantitative estimate of drug-likeness (QED) is 0.613. The monoisotopic (exact) mass is 398 g/mol. The Labute approximate surface area is 159 Å². The summed E-state index contributed by atoms with van der Waals surface area (Å²) >= 11 is 0. The summed E-state index contributed by atoms with van der Waals surface area (Å²) in [6.45, 7) is 5.24. The number of morpholine rings is 1. The van der Waals surface area contributed by atoms with Crippen LogP contribution in [0.5, 0.6) is 0 Å². The van der Waals surface area contributed by atoms with E-state index in [1.807, 2.05) is 12.1 Å². The standard InChI is InChI=1S/C16H26N6O4S/c1-19(27(2,24)25)13-16(23)22-7-5-20(6-8-22)14-3-4-15(18-17-14)21-9-11-26-12-10-21/h3-4H,5-13H2,1-2H3. The molecule has 1 aromatic heterocycles. The lowest BCUT2D eigenvalue weighted by Gasteiger charge is -2.36. The van der Waals surface area contributed by atoms with Crippen molar-refractivity contribution in [1.29, 1.82) is 0 Å². The van der Waals surface area contributed by atoms with Crippen molar-refractivity contribution in [2.45, 2.75) is 0 Å². The van der Waals surface area contributed by atoms with Gasteiger partial charge in [0.2, 0.25) is 15.9 Å². The molecule has 27 heavy (non-hydrogen) atoms. The molecule has 2 saturated heterocycles. The molecule has 2 aliphatic rings. The zero-order valence-corrected chi connectivity index (χ0v) is 16.6. The molecule has 1 aromatic rings. The summed E-state index contributed by atoms with van der Waals surface area (Å²) in [6.07, 6.45) is 1.09. The second-order valence-corrected chi connectivity index (χ2v) is 8.83. The number of carbonyl (C=O) groups excluding carboxylic acids is 1. The minimum atomic E-state index is -3.36. The fraction of sp³-hybridized carbons (Fsp3) is 0.688. The van der Waals surface area contributed by atoms with Crippen molar-refractivity contribution in [2.24, 2.45) is 0 Å². The lowest BCUT2D eigenvalue weighted by Crippen LogP contribution is -2.51. The molecule has 0 aliphatic carbocycles. The van der Waals surface area contributed by atoms with Gasteiger partial charge in [-0.15, -0.1) is 10.2 Å². The van der Waals surface area contributed by atoms with Gasteiger partial charge in [0.15, 0.2) is 11.6 Å². The number of likely N-dealkylation sites (N-methyl/N-ethyl adjacent to an activating group) is 1. The Bertz CT molecular complexity index is 743. The van der Waals surface area contributed by atoms with Gasteiger partial charge in [0, 0.05) is 46.3 Å². The first-order valence-electron chi connectivity index (χ1n) is 8.95. The van der Waals surface area contributed by atoms with Gasteiger partial charge < -0.3 is 19.4 Å². The van der Waals surface area contributed by atoms with Crippen LogP contribution in [0.3, 0.4) is 0 Å². The van der Waals surface area contributed by atoms with E-state index in [0.29, 0.717) is 39.4 Å². The topological polar surface area (TPSA) is 99.2 Å². The van der Waals surface area contributed by atoms with Gasteiger partial charge >= 0.3 is 0 Å². The minimum Gasteiger partial charge on any atom is -0.378 e. The van der Waals surface area contributed by atoms with Crippen LogP contribution in [-0.4, -0.2) is 106 Å². The summed E-state index contributed by atoms with van der Waals surface area (Å²) < 4.78 is 29.3. The second kappa shape index (κ2) is 8.36. The molecule has 11 heteroatoms. The fourth-order valence-corrected chi connectivity index (χ4v) is 3.39. The molecule has 0 atom stereocenters. The molecule has 0 aromatic carbocycles. The zero-order valence-electron chi connectivity index (χ0n) is 15.7. The summed E-state index contributed by atoms with van der Waals surface area (Å²) in [6, 6.07) is 3.92. The van der Waals surface area contributed by atoms with Crippen molar-refractivity contribution in [2.75, 3.05) is 82.1 Å². The Balaban J connectivity index is 1.52. The predicted octanol–water partition coefficient (Wildman–Crippen LogP) is -1.15. The van der Waals surface area contributed by atoms with Crippen molar-refractivity contribution in [3.05, 3.63) is 12.1 Å². The molecule has 2 aliphatic heterocycles. The van der Waals surface area contributed by atoms with Crippen molar-refractivity contribution in [1.82, 2.24) is 19.4 Å². The molecule has 2 fully saturated rings. The predicted molar refractivity (Wildman–Crippen MR) is 101 cm³/mol. The van der Waals surface area contributed by atoms with Gasteiger partial charge in [-0.3, -0.25) is 4.79 Å². The molecular formula is C16H26N6O4S. The van der Waals surface area contributed by atoms with Crippen LogP contribution in [-0.2, 0) is 19.6 Å². The lowest BCUT2D eigenvalue weighted by atomic mass is 10.3. The van der Waals surface area contributed by atoms with Gasteiger partial charge in [-0.25, -0.2) is 8.42 Å². The SMILES string of the molecule is CN(CC(=O)N1CCN(c2ccc(N3CCOCC3)nn2)CC1)S(C)(=O)=O. The molecule has 0 unspecified atom stereocenters. The average Bonchev–Trinajstić information content (AvgIpc) is 2.68. The van der Waals surface area contributed by atoms with Gasteiger partial charge in [0.25, 0.3) is 0 Å². The highest BCUT2D eigenvalue weighted by Crippen LogP contribution is 2.17. The first-order valence-corrected chi connectivity index (χ1v) is 10.8. The largest absolute Gasteiger partial charge is 0.378 e. The van der Waals surface area contributed by atoms with E-state index >= 15 is 0 Å². The lowest BCUT2D eigenvalue weighted by molar-refractivity contribution is -0.131. The fourth-order valence-electron chi connectivity index (χ4n) is 3.04. The second-order valence-electron chi connectivity index (χ2n) is 6.74. The molecule has 0 radical (unpaired) electrons. The summed E-state index contributed by atoms with van der Waals surface area (Å²) in [4.78, 5) is 18.2. The Morgan fingerprint density at radius 2 is 1.56 bits per heavy atom. The number of hydrogen-bond acceptors (Lipinski definition) is 8. The maximum Gasteiger partial charge on any atom is 0.238 e. The normalized spacial score (nSPS) is 18.9. The van der Waals surface area contributed by atoms with Gasteiger partial charge in [0.1, 0.15) is 0 Å². The van der Waals surface area contributed by atoms with E-state index in [9.17, 15) is 13.2 Å². The minimum absolute atomic E-state index is 0.132. The van der Waals surface area contributed by atoms with Gasteiger partial charge in [-0.1, -0.05) is 0 Å². The first-order chi connectivity index (χ1) is 12.8. The highest BCUT2D eigenvalue weighted by Gasteiger charge is 2.25. The van der Waals surface area contributed by atoms with E-state index in [2.05, 4.69) is 20.0 Å². The Morgan fingerprint density at radius 3 is 2.04 bits per heavy atom. The highest BCUT2D eigenvalue weighted by molar-refractivity contribution is 7.88. The van der Waals surface area contributed by atoms with Crippen molar-refractivity contribution < 1.29 is 17.9 Å². The number of carbonyl (C=O) groups is 1. The van der Waals surface area contributed by atoms with Crippen LogP contribution in [0.25, 0.3) is 0 Å². The van der Waals surface area contributed by atoms with Gasteiger partial charge in [-0.05, 0) is 12.1 Å². The first kappa shape index (κ1) is 19.8. The molecular weight excluding hydrogens is 372 g/mol. The van der Waals surface area contributed by atoms with E-state index in [1.54, 1.807) is 4.90 Å². The summed E-state index contributed by atoms with van der Waals surface area (Å²) in [5.74, 6) is 1.45. The van der Waals surface area contributed by atoms with Crippen molar-refractivity contribution in [3.8, 4) is 0 Å². The van der Waals surface area contributed by atoms with Crippen LogP contribution in [0.4, 0.5) is 11.6 Å². The van der Waals surface area contributed by atoms with Crippen molar-refractivity contribution >= 4 is 27.6 Å². The van der Waals surface area contributed by atoms with Gasteiger partial charge in [-0.2, -0.15) is 4.31 Å². The van der Waals surface area contributed by atoms with E-state index in [1.165, 1.54) is 7.05 Å². The smallest absolute Gasteiger partial charge is 0.238 e. The molecule has 1 amide bonds. The third-order valence-corrected chi connectivity index (χ3v) is 6.11. The number of aromatic nitrogens is 2. The molecule has 0 spiro atoms. The third kappa shape index (κ3) is 5.05. The van der Waals surface area contributed by atoms with E-state index in [0.717, 1.165) is 35.3 Å². The van der Waals surface area contributed by atoms with E-state index < -0.39 is 10.0 Å². The summed E-state index contributed by atoms with van der Waals surface area (Å²) in [5, 5.41) is 8.65. The number of nitrogens with zero attached hydrogens (tertiary/aromatic N) is 6. The Morgan fingerprint density at radius 1 is 1.04 bits per heavy atom. The molecule has 0 N–H and O–H groups in total. The Hall–Kier alpha value is -1.98.